The maximum atomic E-state index is 12.3. The van der Waals surface area contributed by atoms with Gasteiger partial charge in [0.2, 0.25) is 0 Å². The van der Waals surface area contributed by atoms with E-state index in [1.54, 1.807) is 19.2 Å². The van der Waals surface area contributed by atoms with Crippen LogP contribution in [-0.4, -0.2) is 36.2 Å². The van der Waals surface area contributed by atoms with Crippen molar-refractivity contribution in [3.63, 3.8) is 0 Å². The van der Waals surface area contributed by atoms with Crippen LogP contribution in [0, 0.1) is 6.92 Å². The molecule has 8 nitrogen and oxygen atoms in total. The second-order valence-corrected chi connectivity index (χ2v) is 7.72. The van der Waals surface area contributed by atoms with Gasteiger partial charge in [0.25, 0.3) is 0 Å². The van der Waals surface area contributed by atoms with E-state index in [2.05, 4.69) is 30.8 Å². The maximum Gasteiger partial charge on any atom is 0.323 e. The van der Waals surface area contributed by atoms with Crippen LogP contribution < -0.4 is 25.6 Å². The van der Waals surface area contributed by atoms with Gasteiger partial charge in [0.05, 0.1) is 7.11 Å². The molecule has 8 heteroatoms. The lowest BCUT2D eigenvalue weighted by Gasteiger charge is -2.28. The molecular weight excluding hydrogens is 404 g/mol. The number of nitrogens with zero attached hydrogens (tertiary/aromatic N) is 3. The first-order valence-electron chi connectivity index (χ1n) is 10.8. The fraction of sp³-hybridized carbons (Fsp3) is 0.292. The number of carbonyl (C=O) groups is 1. The van der Waals surface area contributed by atoms with Crippen molar-refractivity contribution in [2.45, 2.75) is 26.2 Å². The lowest BCUT2D eigenvalue weighted by Crippen LogP contribution is -2.30. The molecule has 0 aliphatic carbocycles. The number of benzene rings is 2. The first-order valence-corrected chi connectivity index (χ1v) is 10.8. The van der Waals surface area contributed by atoms with Gasteiger partial charge in [-0.25, -0.2) is 14.8 Å². The standard InChI is InChI=1S/C24H28N6O2/c1-17-25-22(16-23(26-17)30-13-4-3-5-14-30)27-18-9-11-19(12-10-18)28-24(31)29-20-7-6-8-21(15-20)32-2/h6-12,15-16H,3-5,13-14H2,1-2H3,(H,25,26,27)(H2,28,29,31). The van der Waals surface area contributed by atoms with Gasteiger partial charge in [-0.1, -0.05) is 6.07 Å². The molecule has 0 unspecified atom stereocenters. The number of aryl methyl sites for hydroxylation is 1. The first-order chi connectivity index (χ1) is 15.6. The van der Waals surface area contributed by atoms with E-state index in [4.69, 9.17) is 4.74 Å². The van der Waals surface area contributed by atoms with Gasteiger partial charge in [0, 0.05) is 42.3 Å². The third-order valence-electron chi connectivity index (χ3n) is 5.25. The number of hydrogen-bond donors (Lipinski definition) is 3. The molecule has 2 aromatic carbocycles. The molecule has 0 bridgehead atoms. The fourth-order valence-corrected chi connectivity index (χ4v) is 3.68. The van der Waals surface area contributed by atoms with Crippen LogP contribution >= 0.6 is 0 Å². The predicted octanol–water partition coefficient (Wildman–Crippen LogP) is 5.17. The SMILES string of the molecule is COc1cccc(NC(=O)Nc2ccc(Nc3cc(N4CCCCC4)nc(C)n3)cc2)c1. The van der Waals surface area contributed by atoms with Crippen molar-refractivity contribution in [1.29, 1.82) is 0 Å². The molecule has 0 saturated carbocycles. The minimum atomic E-state index is -0.323. The molecule has 166 valence electrons. The van der Waals surface area contributed by atoms with Crippen LogP contribution in [0.3, 0.4) is 0 Å². The van der Waals surface area contributed by atoms with Crippen LogP contribution in [0.1, 0.15) is 25.1 Å². The quantitative estimate of drug-likeness (QED) is 0.498. The van der Waals surface area contributed by atoms with E-state index in [0.29, 0.717) is 17.1 Å². The summed E-state index contributed by atoms with van der Waals surface area (Å²) in [4.78, 5) is 23.7. The van der Waals surface area contributed by atoms with Gasteiger partial charge in [-0.15, -0.1) is 0 Å². The monoisotopic (exact) mass is 432 g/mol. The van der Waals surface area contributed by atoms with Crippen molar-refractivity contribution in [2.24, 2.45) is 0 Å². The number of methoxy groups -OCH3 is 1. The molecule has 2 amide bonds. The van der Waals surface area contributed by atoms with Crippen molar-refractivity contribution >= 4 is 34.7 Å². The van der Waals surface area contributed by atoms with Crippen LogP contribution in [0.25, 0.3) is 0 Å². The summed E-state index contributed by atoms with van der Waals surface area (Å²) in [5.74, 6) is 3.14. The fourth-order valence-electron chi connectivity index (χ4n) is 3.68. The Bertz CT molecular complexity index is 1060. The van der Waals surface area contributed by atoms with Crippen LogP contribution in [0.4, 0.5) is 33.5 Å². The van der Waals surface area contributed by atoms with E-state index in [0.717, 1.165) is 36.2 Å². The molecule has 0 spiro atoms. The topological polar surface area (TPSA) is 91.4 Å². The summed E-state index contributed by atoms with van der Waals surface area (Å²) in [7, 11) is 1.59. The Morgan fingerprint density at radius 3 is 2.38 bits per heavy atom. The molecule has 1 aliphatic rings. The summed E-state index contributed by atoms with van der Waals surface area (Å²) in [6, 6.07) is 16.4. The number of hydrogen-bond acceptors (Lipinski definition) is 6. The number of amides is 2. The molecule has 3 aromatic rings. The molecule has 1 aliphatic heterocycles. The molecule has 1 fully saturated rings. The molecule has 0 atom stereocenters. The van der Waals surface area contributed by atoms with E-state index in [9.17, 15) is 4.79 Å². The Hall–Kier alpha value is -3.81. The highest BCUT2D eigenvalue weighted by Crippen LogP contribution is 2.24. The number of carbonyl (C=O) groups excluding carboxylic acids is 1. The molecule has 32 heavy (non-hydrogen) atoms. The van der Waals surface area contributed by atoms with Gasteiger partial charge in [-0.2, -0.15) is 0 Å². The number of rotatable bonds is 6. The van der Waals surface area contributed by atoms with Crippen LogP contribution in [0.15, 0.2) is 54.6 Å². The number of piperidine rings is 1. The van der Waals surface area contributed by atoms with E-state index in [1.807, 2.05) is 49.4 Å². The summed E-state index contributed by atoms with van der Waals surface area (Å²) < 4.78 is 5.18. The van der Waals surface area contributed by atoms with Crippen molar-refractivity contribution < 1.29 is 9.53 Å². The van der Waals surface area contributed by atoms with Crippen molar-refractivity contribution in [1.82, 2.24) is 9.97 Å². The average molecular weight is 433 g/mol. The van der Waals surface area contributed by atoms with Crippen LogP contribution in [0.2, 0.25) is 0 Å². The number of ether oxygens (including phenoxy) is 1. The number of nitrogens with one attached hydrogen (secondary N) is 3. The number of urea groups is 1. The minimum Gasteiger partial charge on any atom is -0.497 e. The molecule has 1 saturated heterocycles. The highest BCUT2D eigenvalue weighted by molar-refractivity contribution is 5.99. The zero-order valence-corrected chi connectivity index (χ0v) is 18.4. The molecule has 2 heterocycles. The lowest BCUT2D eigenvalue weighted by molar-refractivity contribution is 0.262. The second kappa shape index (κ2) is 10.00. The molecule has 1 aromatic heterocycles. The summed E-state index contributed by atoms with van der Waals surface area (Å²) in [6.07, 6.45) is 3.68. The Labute approximate surface area is 188 Å². The van der Waals surface area contributed by atoms with E-state index < -0.39 is 0 Å². The third kappa shape index (κ3) is 5.66. The Morgan fingerprint density at radius 2 is 1.62 bits per heavy atom. The van der Waals surface area contributed by atoms with E-state index >= 15 is 0 Å². The highest BCUT2D eigenvalue weighted by atomic mass is 16.5. The summed E-state index contributed by atoms with van der Waals surface area (Å²) in [5, 5.41) is 8.96. The van der Waals surface area contributed by atoms with Crippen molar-refractivity contribution in [3.8, 4) is 5.75 Å². The Kier molecular flexibility index (Phi) is 6.69. The smallest absolute Gasteiger partial charge is 0.323 e. The van der Waals surface area contributed by atoms with Crippen LogP contribution in [0.5, 0.6) is 5.75 Å². The second-order valence-electron chi connectivity index (χ2n) is 7.72. The number of anilines is 5. The van der Waals surface area contributed by atoms with E-state index in [1.165, 1.54) is 19.3 Å². The summed E-state index contributed by atoms with van der Waals surface area (Å²) in [6.45, 7) is 3.98. The van der Waals surface area contributed by atoms with Gasteiger partial charge >= 0.3 is 6.03 Å². The molecule has 4 rings (SSSR count). The largest absolute Gasteiger partial charge is 0.497 e. The maximum absolute atomic E-state index is 12.3. The normalized spacial score (nSPS) is 13.4. The molecule has 3 N–H and O–H groups in total. The average Bonchev–Trinajstić information content (AvgIpc) is 2.80. The zero-order valence-electron chi connectivity index (χ0n) is 18.4. The molecular formula is C24H28N6O2. The van der Waals surface area contributed by atoms with Gasteiger partial charge in [0.1, 0.15) is 23.2 Å². The summed E-state index contributed by atoms with van der Waals surface area (Å²) >= 11 is 0. The first kappa shape index (κ1) is 21.4. The lowest BCUT2D eigenvalue weighted by atomic mass is 10.1. The number of aromatic nitrogens is 2. The van der Waals surface area contributed by atoms with E-state index in [-0.39, 0.29) is 6.03 Å². The predicted molar refractivity (Wildman–Crippen MR) is 128 cm³/mol. The minimum absolute atomic E-state index is 0.323. The van der Waals surface area contributed by atoms with Gasteiger partial charge in [-0.05, 0) is 62.6 Å². The third-order valence-corrected chi connectivity index (χ3v) is 5.25. The summed E-state index contributed by atoms with van der Waals surface area (Å²) in [5.41, 5.74) is 2.22. The highest BCUT2D eigenvalue weighted by Gasteiger charge is 2.14. The molecule has 0 radical (unpaired) electrons. The van der Waals surface area contributed by atoms with Gasteiger partial charge in [0.15, 0.2) is 0 Å². The zero-order chi connectivity index (χ0) is 22.3. The Balaban J connectivity index is 1.37. The van der Waals surface area contributed by atoms with Crippen molar-refractivity contribution in [2.75, 3.05) is 41.0 Å². The van der Waals surface area contributed by atoms with Crippen LogP contribution in [-0.2, 0) is 0 Å². The van der Waals surface area contributed by atoms with Gasteiger partial charge in [-0.3, -0.25) is 0 Å². The van der Waals surface area contributed by atoms with Gasteiger partial charge < -0.3 is 25.6 Å². The van der Waals surface area contributed by atoms with Crippen molar-refractivity contribution in [3.05, 3.63) is 60.4 Å². The Morgan fingerprint density at radius 1 is 0.906 bits per heavy atom.